The zero-order valence-corrected chi connectivity index (χ0v) is 16.3. The van der Waals surface area contributed by atoms with Gasteiger partial charge in [-0.15, -0.1) is 10.2 Å². The molecule has 1 fully saturated rings. The van der Waals surface area contributed by atoms with E-state index in [0.717, 1.165) is 30.2 Å². The number of nitrogens with zero attached hydrogens (tertiary/aromatic N) is 4. The molecular weight excluding hydrogens is 382 g/mol. The van der Waals surface area contributed by atoms with E-state index in [4.69, 9.17) is 9.47 Å². The van der Waals surface area contributed by atoms with Gasteiger partial charge in [-0.25, -0.2) is 0 Å². The molecule has 8 nitrogen and oxygen atoms in total. The van der Waals surface area contributed by atoms with Gasteiger partial charge in [-0.1, -0.05) is 6.07 Å². The summed E-state index contributed by atoms with van der Waals surface area (Å²) in [5, 5.41) is 11.7. The molecule has 1 amide bonds. The number of hydrogen-bond donors (Lipinski definition) is 1. The lowest BCUT2D eigenvalue weighted by atomic mass is 10.00. The van der Waals surface area contributed by atoms with E-state index in [9.17, 15) is 4.79 Å². The highest BCUT2D eigenvalue weighted by Crippen LogP contribution is 2.33. The number of fused-ring (bicyclic) bond motifs is 1. The fourth-order valence-corrected chi connectivity index (χ4v) is 3.64. The van der Waals surface area contributed by atoms with Gasteiger partial charge in [0, 0.05) is 43.5 Å². The number of benzene rings is 1. The van der Waals surface area contributed by atoms with Crippen LogP contribution in [-0.4, -0.2) is 53.9 Å². The van der Waals surface area contributed by atoms with Crippen molar-refractivity contribution in [1.29, 1.82) is 0 Å². The third kappa shape index (κ3) is 3.63. The first-order valence-electron chi connectivity index (χ1n) is 9.94. The van der Waals surface area contributed by atoms with Crippen molar-refractivity contribution >= 4 is 11.7 Å². The Morgan fingerprint density at radius 3 is 2.67 bits per heavy atom. The van der Waals surface area contributed by atoms with Crippen molar-refractivity contribution in [2.24, 2.45) is 5.92 Å². The third-order valence-electron chi connectivity index (χ3n) is 5.27. The van der Waals surface area contributed by atoms with Crippen LogP contribution >= 0.6 is 0 Å². The topological polar surface area (TPSA) is 89.5 Å². The summed E-state index contributed by atoms with van der Waals surface area (Å²) in [5.41, 5.74) is 2.33. The lowest BCUT2D eigenvalue weighted by molar-refractivity contribution is 0.0933. The maximum Gasteiger partial charge on any atom is 0.255 e. The first kappa shape index (κ1) is 18.4. The van der Waals surface area contributed by atoms with Crippen LogP contribution in [-0.2, 0) is 0 Å². The highest BCUT2D eigenvalue weighted by Gasteiger charge is 2.29. The van der Waals surface area contributed by atoms with Crippen LogP contribution in [0.2, 0.25) is 0 Å². The maximum absolute atomic E-state index is 12.6. The van der Waals surface area contributed by atoms with E-state index in [2.05, 4.69) is 25.4 Å². The number of ether oxygens (including phenoxy) is 2. The average molecular weight is 403 g/mol. The second kappa shape index (κ2) is 7.98. The third-order valence-corrected chi connectivity index (χ3v) is 5.27. The molecule has 4 heterocycles. The Labute approximate surface area is 173 Å². The van der Waals surface area contributed by atoms with E-state index in [1.165, 1.54) is 0 Å². The molecule has 0 bridgehead atoms. The molecule has 0 radical (unpaired) electrons. The first-order valence-corrected chi connectivity index (χ1v) is 9.94. The molecule has 2 aliphatic heterocycles. The molecule has 30 heavy (non-hydrogen) atoms. The van der Waals surface area contributed by atoms with E-state index in [-0.39, 0.29) is 5.91 Å². The van der Waals surface area contributed by atoms with Gasteiger partial charge >= 0.3 is 0 Å². The lowest BCUT2D eigenvalue weighted by Gasteiger charge is -2.40. The summed E-state index contributed by atoms with van der Waals surface area (Å²) >= 11 is 0. The number of aromatic nitrogens is 3. The molecule has 2 aromatic heterocycles. The van der Waals surface area contributed by atoms with Crippen molar-refractivity contribution in [1.82, 2.24) is 20.5 Å². The van der Waals surface area contributed by atoms with Gasteiger partial charge in [-0.05, 0) is 36.4 Å². The van der Waals surface area contributed by atoms with Gasteiger partial charge in [0.05, 0.1) is 11.3 Å². The fraction of sp³-hybridized carbons (Fsp3) is 0.273. The molecule has 1 N–H and O–H groups in total. The monoisotopic (exact) mass is 403 g/mol. The quantitative estimate of drug-likeness (QED) is 0.698. The molecular formula is C22H21N5O3. The number of nitrogens with one attached hydrogen (secondary N) is 1. The number of rotatable bonds is 5. The highest BCUT2D eigenvalue weighted by molar-refractivity contribution is 5.97. The number of carbonyl (C=O) groups excluding carboxylic acids is 1. The Balaban J connectivity index is 1.14. The number of pyridine rings is 1. The summed E-state index contributed by atoms with van der Waals surface area (Å²) in [4.78, 5) is 18.8. The van der Waals surface area contributed by atoms with E-state index < -0.39 is 0 Å². The Hall–Kier alpha value is -3.68. The van der Waals surface area contributed by atoms with Crippen LogP contribution in [0.1, 0.15) is 10.4 Å². The zero-order chi connectivity index (χ0) is 20.3. The summed E-state index contributed by atoms with van der Waals surface area (Å²) in [5.74, 6) is 2.22. The van der Waals surface area contributed by atoms with Crippen LogP contribution in [0, 0.1) is 5.92 Å². The maximum atomic E-state index is 12.6. The second-order valence-electron chi connectivity index (χ2n) is 7.32. The fourth-order valence-electron chi connectivity index (χ4n) is 3.64. The van der Waals surface area contributed by atoms with Crippen molar-refractivity contribution in [3.63, 3.8) is 0 Å². The van der Waals surface area contributed by atoms with Crippen LogP contribution < -0.4 is 19.7 Å². The van der Waals surface area contributed by atoms with Crippen LogP contribution in [0.3, 0.4) is 0 Å². The van der Waals surface area contributed by atoms with Gasteiger partial charge < -0.3 is 19.7 Å². The molecule has 0 atom stereocenters. The Morgan fingerprint density at radius 2 is 1.87 bits per heavy atom. The standard InChI is InChI=1S/C22H21N5O3/c28-22(17-2-1-3-19-21(17)30-11-10-29-19)24-12-15-13-27(14-15)20-5-4-18(25-26-20)16-6-8-23-9-7-16/h1-9,15H,10-14H2,(H,24,28). The number of para-hydroxylation sites is 1. The molecule has 0 saturated carbocycles. The van der Waals surface area contributed by atoms with Crippen molar-refractivity contribution in [2.75, 3.05) is 37.7 Å². The molecule has 152 valence electrons. The molecule has 1 aromatic carbocycles. The molecule has 0 aliphatic carbocycles. The first-order chi connectivity index (χ1) is 14.8. The average Bonchev–Trinajstić information content (AvgIpc) is 2.78. The Morgan fingerprint density at radius 1 is 1.03 bits per heavy atom. The van der Waals surface area contributed by atoms with E-state index >= 15 is 0 Å². The van der Waals surface area contributed by atoms with E-state index in [1.807, 2.05) is 36.4 Å². The summed E-state index contributed by atoms with van der Waals surface area (Å²) in [7, 11) is 0. The molecule has 5 rings (SSSR count). The number of hydrogen-bond acceptors (Lipinski definition) is 7. The minimum Gasteiger partial charge on any atom is -0.486 e. The van der Waals surface area contributed by atoms with Crippen LogP contribution in [0.15, 0.2) is 54.9 Å². The summed E-state index contributed by atoms with van der Waals surface area (Å²) < 4.78 is 11.2. The van der Waals surface area contributed by atoms with Crippen LogP contribution in [0.4, 0.5) is 5.82 Å². The lowest BCUT2D eigenvalue weighted by Crippen LogP contribution is -2.52. The Bertz CT molecular complexity index is 1040. The van der Waals surface area contributed by atoms with Crippen LogP contribution in [0.5, 0.6) is 11.5 Å². The number of anilines is 1. The van der Waals surface area contributed by atoms with E-state index in [0.29, 0.717) is 42.7 Å². The zero-order valence-electron chi connectivity index (χ0n) is 16.3. The van der Waals surface area contributed by atoms with Crippen molar-refractivity contribution < 1.29 is 14.3 Å². The van der Waals surface area contributed by atoms with Gasteiger partial charge in [-0.3, -0.25) is 9.78 Å². The normalized spacial score (nSPS) is 15.4. The minimum atomic E-state index is -0.141. The minimum absolute atomic E-state index is 0.141. The van der Waals surface area contributed by atoms with Gasteiger partial charge in [0.25, 0.3) is 5.91 Å². The summed E-state index contributed by atoms with van der Waals surface area (Å²) in [6.07, 6.45) is 3.48. The Kier molecular flexibility index (Phi) is 4.88. The van der Waals surface area contributed by atoms with Crippen molar-refractivity contribution in [2.45, 2.75) is 0 Å². The molecule has 3 aromatic rings. The van der Waals surface area contributed by atoms with Crippen molar-refractivity contribution in [3.05, 3.63) is 60.4 Å². The second-order valence-corrected chi connectivity index (χ2v) is 7.32. The molecule has 0 unspecified atom stereocenters. The molecule has 0 spiro atoms. The largest absolute Gasteiger partial charge is 0.486 e. The van der Waals surface area contributed by atoms with Crippen molar-refractivity contribution in [3.8, 4) is 22.8 Å². The van der Waals surface area contributed by atoms with Gasteiger partial charge in [0.2, 0.25) is 0 Å². The van der Waals surface area contributed by atoms with Gasteiger partial charge in [-0.2, -0.15) is 0 Å². The predicted octanol–water partition coefficient (Wildman–Crippen LogP) is 2.18. The predicted molar refractivity (Wildman–Crippen MR) is 111 cm³/mol. The smallest absolute Gasteiger partial charge is 0.255 e. The molecule has 8 heteroatoms. The van der Waals surface area contributed by atoms with Crippen LogP contribution in [0.25, 0.3) is 11.3 Å². The van der Waals surface area contributed by atoms with Gasteiger partial charge in [0.1, 0.15) is 13.2 Å². The molecule has 2 aliphatic rings. The highest BCUT2D eigenvalue weighted by atomic mass is 16.6. The SMILES string of the molecule is O=C(NCC1CN(c2ccc(-c3ccncc3)nn2)C1)c1cccc2c1OCCO2. The molecule has 1 saturated heterocycles. The summed E-state index contributed by atoms with van der Waals surface area (Å²) in [6.45, 7) is 3.22. The summed E-state index contributed by atoms with van der Waals surface area (Å²) in [6, 6.07) is 13.1. The van der Waals surface area contributed by atoms with E-state index in [1.54, 1.807) is 18.5 Å². The number of amides is 1. The number of carbonyl (C=O) groups is 1. The van der Waals surface area contributed by atoms with Gasteiger partial charge in [0.15, 0.2) is 17.3 Å².